The highest BCUT2D eigenvalue weighted by Crippen LogP contribution is 2.43. The van der Waals surface area contributed by atoms with E-state index >= 15 is 0 Å². The molecule has 0 aromatic heterocycles. The summed E-state index contributed by atoms with van der Waals surface area (Å²) in [6.07, 6.45) is 40.3. The fraction of sp³-hybridized carbons (Fsp3) is 0.767. The molecule has 4 N–H and O–H groups in total. The van der Waals surface area contributed by atoms with Gasteiger partial charge in [0.2, 0.25) is 0 Å². The van der Waals surface area contributed by atoms with Crippen molar-refractivity contribution in [3.05, 3.63) is 48.6 Å². The van der Waals surface area contributed by atoms with E-state index in [1.165, 1.54) is 77.0 Å². The lowest BCUT2D eigenvalue weighted by Gasteiger charge is -2.19. The number of unbranched alkanes of at least 4 members (excludes halogenated alkanes) is 17. The van der Waals surface area contributed by atoms with Gasteiger partial charge in [0, 0.05) is 19.4 Å². The van der Waals surface area contributed by atoms with Crippen molar-refractivity contribution in [1.82, 2.24) is 0 Å². The summed E-state index contributed by atoms with van der Waals surface area (Å²) in [6.45, 7) is 3.55. The minimum absolute atomic E-state index is 0.0333. The highest BCUT2D eigenvalue weighted by molar-refractivity contribution is 7.47. The molecule has 0 aliphatic rings. The third-order valence-electron chi connectivity index (χ3n) is 8.79. The molecule has 3 unspecified atom stereocenters. The highest BCUT2D eigenvalue weighted by Gasteiger charge is 2.25. The Kier molecular flexibility index (Phi) is 37.7. The van der Waals surface area contributed by atoms with Gasteiger partial charge in [0.05, 0.1) is 19.3 Å². The Morgan fingerprint density at radius 3 is 1.85 bits per heavy atom. The van der Waals surface area contributed by atoms with Crippen LogP contribution in [0.4, 0.5) is 0 Å². The zero-order valence-electron chi connectivity index (χ0n) is 34.1. The molecule has 10 nitrogen and oxygen atoms in total. The predicted octanol–water partition coefficient (Wildman–Crippen LogP) is 10.9. The molecule has 0 saturated carbocycles. The summed E-state index contributed by atoms with van der Waals surface area (Å²) >= 11 is 0. The lowest BCUT2D eigenvalue weighted by atomic mass is 10.1. The second-order valence-electron chi connectivity index (χ2n) is 14.1. The van der Waals surface area contributed by atoms with Crippen LogP contribution in [-0.4, -0.2) is 60.5 Å². The maximum Gasteiger partial charge on any atom is 0.472 e. The number of nitrogens with two attached hydrogens (primary N) is 1. The van der Waals surface area contributed by atoms with E-state index in [-0.39, 0.29) is 32.6 Å². The van der Waals surface area contributed by atoms with E-state index in [0.29, 0.717) is 19.3 Å². The fourth-order valence-corrected chi connectivity index (χ4v) is 6.34. The quantitative estimate of drug-likeness (QED) is 0.0180. The minimum atomic E-state index is -4.41. The van der Waals surface area contributed by atoms with E-state index in [1.54, 1.807) is 0 Å². The SMILES string of the molecule is CCCCCCCC/C=C\CCCCCCCC(=O)OCC(COP(=O)(O)OCCN)OC(=O)CCC/C=C\C/C=C\C=C/C(O)CCCCCCCC. The molecule has 0 bridgehead atoms. The Bertz CT molecular complexity index is 1050. The summed E-state index contributed by atoms with van der Waals surface area (Å²) in [4.78, 5) is 34.8. The van der Waals surface area contributed by atoms with Crippen LogP contribution in [0.1, 0.15) is 174 Å². The summed E-state index contributed by atoms with van der Waals surface area (Å²) < 4.78 is 32.6. The van der Waals surface area contributed by atoms with Crippen molar-refractivity contribution in [3.63, 3.8) is 0 Å². The number of phosphoric ester groups is 1. The molecule has 11 heteroatoms. The summed E-state index contributed by atoms with van der Waals surface area (Å²) in [5.74, 6) is -0.940. The molecule has 3 atom stereocenters. The van der Waals surface area contributed by atoms with Gasteiger partial charge in [-0.05, 0) is 57.8 Å². The number of ether oxygens (including phenoxy) is 2. The first kappa shape index (κ1) is 51.9. The predicted molar refractivity (Wildman–Crippen MR) is 221 cm³/mol. The Balaban J connectivity index is 4.34. The van der Waals surface area contributed by atoms with Gasteiger partial charge in [0.15, 0.2) is 6.10 Å². The smallest absolute Gasteiger partial charge is 0.462 e. The molecule has 0 aliphatic heterocycles. The van der Waals surface area contributed by atoms with Crippen LogP contribution >= 0.6 is 7.82 Å². The third kappa shape index (κ3) is 38.2. The van der Waals surface area contributed by atoms with Gasteiger partial charge in [0.1, 0.15) is 6.61 Å². The molecule has 0 amide bonds. The van der Waals surface area contributed by atoms with Crippen molar-refractivity contribution >= 4 is 19.8 Å². The van der Waals surface area contributed by atoms with Gasteiger partial charge in [-0.25, -0.2) is 4.57 Å². The molecule has 0 fully saturated rings. The Morgan fingerprint density at radius 1 is 0.648 bits per heavy atom. The van der Waals surface area contributed by atoms with Gasteiger partial charge in [-0.3, -0.25) is 18.6 Å². The van der Waals surface area contributed by atoms with Crippen LogP contribution < -0.4 is 5.73 Å². The zero-order valence-corrected chi connectivity index (χ0v) is 35.0. The molecule has 0 aliphatic carbocycles. The Morgan fingerprint density at radius 2 is 1.20 bits per heavy atom. The number of carbonyl (C=O) groups excluding carboxylic acids is 2. The second-order valence-corrected chi connectivity index (χ2v) is 15.5. The van der Waals surface area contributed by atoms with Gasteiger partial charge in [0.25, 0.3) is 0 Å². The molecule has 0 radical (unpaired) electrons. The standard InChI is InChI=1S/C43H78NO9P/c1-3-5-7-9-11-12-13-14-15-16-17-18-22-26-30-34-42(46)50-38-41(39-52-54(48,49)51-37-36-44)53-43(47)35-31-27-23-20-19-21-25-29-33-40(45)32-28-24-10-8-6-4-2/h14-15,20-21,23,25,29,33,40-41,45H,3-13,16-19,22,24,26-28,30-32,34-39,44H2,1-2H3,(H,48,49)/b15-14-,23-20-,25-21-,33-29-. The monoisotopic (exact) mass is 784 g/mol. The third-order valence-corrected chi connectivity index (χ3v) is 9.78. The Labute approximate surface area is 329 Å². The summed E-state index contributed by atoms with van der Waals surface area (Å²) in [5.41, 5.74) is 5.33. The first-order valence-corrected chi connectivity index (χ1v) is 22.7. The van der Waals surface area contributed by atoms with Crippen molar-refractivity contribution in [1.29, 1.82) is 0 Å². The number of hydrogen-bond acceptors (Lipinski definition) is 9. The number of phosphoric acid groups is 1. The van der Waals surface area contributed by atoms with Gasteiger partial charge in [-0.1, -0.05) is 152 Å². The van der Waals surface area contributed by atoms with Crippen molar-refractivity contribution in [2.45, 2.75) is 187 Å². The van der Waals surface area contributed by atoms with Gasteiger partial charge in [-0.2, -0.15) is 0 Å². The molecule has 314 valence electrons. The summed E-state index contributed by atoms with van der Waals surface area (Å²) in [7, 11) is -4.41. The first-order valence-electron chi connectivity index (χ1n) is 21.2. The molecule has 54 heavy (non-hydrogen) atoms. The van der Waals surface area contributed by atoms with Gasteiger partial charge in [-0.15, -0.1) is 0 Å². The van der Waals surface area contributed by atoms with Crippen molar-refractivity contribution < 1.29 is 42.7 Å². The van der Waals surface area contributed by atoms with E-state index in [2.05, 4.69) is 26.0 Å². The van der Waals surface area contributed by atoms with E-state index < -0.39 is 38.6 Å². The van der Waals surface area contributed by atoms with Crippen LogP contribution in [0.15, 0.2) is 48.6 Å². The van der Waals surface area contributed by atoms with E-state index in [1.807, 2.05) is 36.5 Å². The van der Waals surface area contributed by atoms with E-state index in [9.17, 15) is 24.2 Å². The molecular formula is C43H78NO9P. The first-order chi connectivity index (χ1) is 26.2. The van der Waals surface area contributed by atoms with Crippen molar-refractivity contribution in [3.8, 4) is 0 Å². The fourth-order valence-electron chi connectivity index (χ4n) is 5.58. The average molecular weight is 784 g/mol. The number of aliphatic hydroxyl groups is 1. The Hall–Kier alpha value is -2.07. The number of esters is 2. The van der Waals surface area contributed by atoms with Crippen LogP contribution in [0.2, 0.25) is 0 Å². The summed E-state index contributed by atoms with van der Waals surface area (Å²) in [5, 5.41) is 10.1. The second kappa shape index (κ2) is 39.2. The maximum absolute atomic E-state index is 12.5. The molecule has 0 spiro atoms. The minimum Gasteiger partial charge on any atom is -0.462 e. The van der Waals surface area contributed by atoms with Crippen LogP contribution in [-0.2, 0) is 32.7 Å². The van der Waals surface area contributed by atoms with E-state index in [0.717, 1.165) is 51.4 Å². The van der Waals surface area contributed by atoms with Crippen LogP contribution in [0.3, 0.4) is 0 Å². The average Bonchev–Trinajstić information content (AvgIpc) is 3.15. The molecule has 0 saturated heterocycles. The zero-order chi connectivity index (χ0) is 39.8. The number of rotatable bonds is 39. The normalized spacial score (nSPS) is 14.4. The molecular weight excluding hydrogens is 705 g/mol. The lowest BCUT2D eigenvalue weighted by molar-refractivity contribution is -0.161. The van der Waals surface area contributed by atoms with Crippen LogP contribution in [0.25, 0.3) is 0 Å². The number of allylic oxidation sites excluding steroid dienone is 7. The maximum atomic E-state index is 12.5. The topological polar surface area (TPSA) is 155 Å². The molecule has 0 heterocycles. The van der Waals surface area contributed by atoms with Crippen molar-refractivity contribution in [2.75, 3.05) is 26.4 Å². The van der Waals surface area contributed by atoms with Crippen molar-refractivity contribution in [2.24, 2.45) is 5.73 Å². The lowest BCUT2D eigenvalue weighted by Crippen LogP contribution is -2.29. The van der Waals surface area contributed by atoms with Gasteiger partial charge >= 0.3 is 19.8 Å². The largest absolute Gasteiger partial charge is 0.472 e. The molecule has 0 aromatic carbocycles. The highest BCUT2D eigenvalue weighted by atomic mass is 31.2. The van der Waals surface area contributed by atoms with Gasteiger partial charge < -0.3 is 25.2 Å². The van der Waals surface area contributed by atoms with E-state index in [4.69, 9.17) is 24.3 Å². The molecule has 0 aromatic rings. The van der Waals surface area contributed by atoms with Crippen LogP contribution in [0.5, 0.6) is 0 Å². The number of aliphatic hydroxyl groups excluding tert-OH is 1. The summed E-state index contributed by atoms with van der Waals surface area (Å²) in [6, 6.07) is 0. The molecule has 0 rings (SSSR count). The number of hydrogen-bond donors (Lipinski definition) is 3. The van der Waals surface area contributed by atoms with Crippen LogP contribution in [0, 0.1) is 0 Å². The number of carbonyl (C=O) groups is 2.